The van der Waals surface area contributed by atoms with Gasteiger partial charge in [-0.25, -0.2) is 0 Å². The second-order valence-electron chi connectivity index (χ2n) is 3.45. The predicted molar refractivity (Wildman–Crippen MR) is 54.3 cm³/mol. The third-order valence-electron chi connectivity index (χ3n) is 2.09. The Morgan fingerprint density at radius 1 is 1.31 bits per heavy atom. The third kappa shape index (κ3) is 4.06. The summed E-state index contributed by atoms with van der Waals surface area (Å²) in [6.45, 7) is 2.08. The zero-order chi connectivity index (χ0) is 9.68. The van der Waals surface area contributed by atoms with Crippen molar-refractivity contribution >= 4 is 0 Å². The highest BCUT2D eigenvalue weighted by Gasteiger charge is 1.96. The molecule has 0 amide bonds. The smallest absolute Gasteiger partial charge is 0.102 e. The number of rotatable bonds is 4. The molecule has 2 nitrogen and oxygen atoms in total. The fraction of sp³-hybridized carbons (Fsp3) is 0.455. The largest absolute Gasteiger partial charge is 0.379 e. The van der Waals surface area contributed by atoms with Crippen molar-refractivity contribution in [2.75, 3.05) is 0 Å². The Labute approximate surface area is 79.4 Å². The van der Waals surface area contributed by atoms with Crippen molar-refractivity contribution in [3.05, 3.63) is 35.4 Å². The van der Waals surface area contributed by atoms with Crippen LogP contribution in [0.4, 0.5) is 0 Å². The number of nitrogens with two attached hydrogens (primary N) is 1. The molecule has 3 N–H and O–H groups in total. The van der Waals surface area contributed by atoms with Crippen LogP contribution in [0.5, 0.6) is 0 Å². The molecule has 0 aromatic heterocycles. The summed E-state index contributed by atoms with van der Waals surface area (Å²) in [5, 5.41) is 8.85. The van der Waals surface area contributed by atoms with Crippen LogP contribution in [0.15, 0.2) is 24.3 Å². The van der Waals surface area contributed by atoms with Gasteiger partial charge in [-0.05, 0) is 31.7 Å². The normalized spacial score (nSPS) is 12.8. The third-order valence-corrected chi connectivity index (χ3v) is 2.09. The lowest BCUT2D eigenvalue weighted by atomic mass is 10.1. The summed E-state index contributed by atoms with van der Waals surface area (Å²) in [4.78, 5) is 0. The van der Waals surface area contributed by atoms with Crippen molar-refractivity contribution in [2.45, 2.75) is 32.4 Å². The van der Waals surface area contributed by atoms with Crippen LogP contribution in [0.2, 0.25) is 0 Å². The molecule has 0 spiro atoms. The van der Waals surface area contributed by atoms with Gasteiger partial charge in [0, 0.05) is 0 Å². The van der Waals surface area contributed by atoms with Gasteiger partial charge < -0.3 is 10.8 Å². The summed E-state index contributed by atoms with van der Waals surface area (Å²) < 4.78 is 0. The summed E-state index contributed by atoms with van der Waals surface area (Å²) in [6, 6.07) is 8.46. The van der Waals surface area contributed by atoms with Gasteiger partial charge in [-0.1, -0.05) is 29.8 Å². The molecule has 2 heteroatoms. The lowest BCUT2D eigenvalue weighted by molar-refractivity contribution is 0.169. The van der Waals surface area contributed by atoms with Crippen LogP contribution in [-0.4, -0.2) is 11.3 Å². The van der Waals surface area contributed by atoms with Crippen molar-refractivity contribution in [1.29, 1.82) is 0 Å². The van der Waals surface area contributed by atoms with Crippen LogP contribution in [0.1, 0.15) is 24.0 Å². The van der Waals surface area contributed by atoms with E-state index < -0.39 is 6.23 Å². The Hall–Kier alpha value is -0.860. The second kappa shape index (κ2) is 5.00. The van der Waals surface area contributed by atoms with Crippen LogP contribution in [0.3, 0.4) is 0 Å². The molecule has 0 radical (unpaired) electrons. The first-order chi connectivity index (χ1) is 6.18. The van der Waals surface area contributed by atoms with E-state index in [-0.39, 0.29) is 0 Å². The van der Waals surface area contributed by atoms with E-state index >= 15 is 0 Å². The van der Waals surface area contributed by atoms with E-state index in [1.54, 1.807) is 0 Å². The summed E-state index contributed by atoms with van der Waals surface area (Å²) in [6.07, 6.45) is 1.95. The molecule has 72 valence electrons. The van der Waals surface area contributed by atoms with Gasteiger partial charge in [-0.2, -0.15) is 0 Å². The Morgan fingerprint density at radius 2 is 1.92 bits per heavy atom. The Balaban J connectivity index is 2.33. The molecule has 0 bridgehead atoms. The molecule has 0 saturated carbocycles. The lowest BCUT2D eigenvalue weighted by Crippen LogP contribution is -2.18. The van der Waals surface area contributed by atoms with Gasteiger partial charge in [-0.15, -0.1) is 0 Å². The molecule has 1 atom stereocenters. The highest BCUT2D eigenvalue weighted by Crippen LogP contribution is 2.07. The van der Waals surface area contributed by atoms with E-state index in [1.807, 2.05) is 0 Å². The molecule has 1 rings (SSSR count). The lowest BCUT2D eigenvalue weighted by Gasteiger charge is -2.04. The molecule has 0 heterocycles. The topological polar surface area (TPSA) is 46.2 Å². The van der Waals surface area contributed by atoms with Crippen LogP contribution >= 0.6 is 0 Å². The van der Waals surface area contributed by atoms with Gasteiger partial charge in [0.25, 0.3) is 0 Å². The predicted octanol–water partition coefficient (Wildman–Crippen LogP) is 1.59. The summed E-state index contributed by atoms with van der Waals surface area (Å²) >= 11 is 0. The van der Waals surface area contributed by atoms with E-state index in [1.165, 1.54) is 11.1 Å². The van der Waals surface area contributed by atoms with Crippen molar-refractivity contribution in [3.8, 4) is 0 Å². The van der Waals surface area contributed by atoms with Gasteiger partial charge >= 0.3 is 0 Å². The van der Waals surface area contributed by atoms with Gasteiger partial charge in [0.15, 0.2) is 0 Å². The van der Waals surface area contributed by atoms with Crippen LogP contribution < -0.4 is 5.73 Å². The maximum Gasteiger partial charge on any atom is 0.102 e. The summed E-state index contributed by atoms with van der Waals surface area (Å²) in [5.74, 6) is 0. The Kier molecular flexibility index (Phi) is 3.93. The second-order valence-corrected chi connectivity index (χ2v) is 3.45. The zero-order valence-corrected chi connectivity index (χ0v) is 8.03. The number of aryl methyl sites for hydroxylation is 2. The first-order valence-electron chi connectivity index (χ1n) is 4.67. The molecule has 0 saturated heterocycles. The molecule has 0 aliphatic rings. The standard InChI is InChI=1S/C11H17NO/c1-9-5-7-10(8-6-9)3-2-4-11(12)13/h5-8,11,13H,2-4,12H2,1H3. The van der Waals surface area contributed by atoms with E-state index in [2.05, 4.69) is 31.2 Å². The van der Waals surface area contributed by atoms with E-state index in [4.69, 9.17) is 10.8 Å². The molecule has 1 aromatic rings. The van der Waals surface area contributed by atoms with E-state index in [9.17, 15) is 0 Å². The monoisotopic (exact) mass is 179 g/mol. The molecule has 13 heavy (non-hydrogen) atoms. The maximum atomic E-state index is 8.85. The highest BCUT2D eigenvalue weighted by atomic mass is 16.3. The average molecular weight is 179 g/mol. The first-order valence-corrected chi connectivity index (χ1v) is 4.67. The quantitative estimate of drug-likeness (QED) is 0.689. The van der Waals surface area contributed by atoms with Gasteiger partial charge in [0.2, 0.25) is 0 Å². The van der Waals surface area contributed by atoms with Crippen molar-refractivity contribution < 1.29 is 5.11 Å². The Bertz CT molecular complexity index is 241. The molecule has 0 aliphatic carbocycles. The van der Waals surface area contributed by atoms with Crippen molar-refractivity contribution in [3.63, 3.8) is 0 Å². The highest BCUT2D eigenvalue weighted by molar-refractivity contribution is 5.21. The summed E-state index contributed by atoms with van der Waals surface area (Å²) in [5.41, 5.74) is 7.83. The molecule has 0 aliphatic heterocycles. The minimum Gasteiger partial charge on any atom is -0.379 e. The van der Waals surface area contributed by atoms with Gasteiger partial charge in [0.05, 0.1) is 0 Å². The summed E-state index contributed by atoms with van der Waals surface area (Å²) in [7, 11) is 0. The van der Waals surface area contributed by atoms with E-state index in [0.717, 1.165) is 12.8 Å². The zero-order valence-electron chi connectivity index (χ0n) is 8.03. The van der Waals surface area contributed by atoms with Crippen molar-refractivity contribution in [1.82, 2.24) is 0 Å². The minimum atomic E-state index is -0.662. The number of aliphatic hydroxyl groups is 1. The first kappa shape index (κ1) is 10.2. The van der Waals surface area contributed by atoms with Gasteiger partial charge in [0.1, 0.15) is 6.23 Å². The molecule has 1 aromatic carbocycles. The Morgan fingerprint density at radius 3 is 2.46 bits per heavy atom. The number of benzene rings is 1. The fourth-order valence-electron chi connectivity index (χ4n) is 1.27. The number of aliphatic hydroxyl groups excluding tert-OH is 1. The van der Waals surface area contributed by atoms with Crippen molar-refractivity contribution in [2.24, 2.45) is 5.73 Å². The molecule has 0 fully saturated rings. The van der Waals surface area contributed by atoms with E-state index in [0.29, 0.717) is 6.42 Å². The number of hydrogen-bond donors (Lipinski definition) is 2. The number of hydrogen-bond acceptors (Lipinski definition) is 2. The maximum absolute atomic E-state index is 8.85. The van der Waals surface area contributed by atoms with Gasteiger partial charge in [-0.3, -0.25) is 0 Å². The SMILES string of the molecule is Cc1ccc(CCCC(N)O)cc1. The van der Waals surface area contributed by atoms with Crippen LogP contribution in [-0.2, 0) is 6.42 Å². The average Bonchev–Trinajstić information content (AvgIpc) is 2.08. The molecule has 1 unspecified atom stereocenters. The van der Waals surface area contributed by atoms with Crippen LogP contribution in [0, 0.1) is 6.92 Å². The fourth-order valence-corrected chi connectivity index (χ4v) is 1.27. The minimum absolute atomic E-state index is 0.662. The van der Waals surface area contributed by atoms with Crippen LogP contribution in [0.25, 0.3) is 0 Å². The molecular weight excluding hydrogens is 162 g/mol. The molecular formula is C11H17NO.